The summed E-state index contributed by atoms with van der Waals surface area (Å²) < 4.78 is 2.16. The van der Waals surface area contributed by atoms with E-state index in [-0.39, 0.29) is 24.3 Å². The van der Waals surface area contributed by atoms with Crippen molar-refractivity contribution in [2.75, 3.05) is 6.54 Å². The van der Waals surface area contributed by atoms with Crippen LogP contribution in [0.5, 0.6) is 0 Å². The molecule has 7 heteroatoms. The van der Waals surface area contributed by atoms with E-state index < -0.39 is 6.09 Å². The average Bonchev–Trinajstić information content (AvgIpc) is 2.73. The topological polar surface area (TPSA) is 91.6 Å². The number of unbranched alkanes of at least 4 members (excludes halogenated alkanes) is 2. The van der Waals surface area contributed by atoms with E-state index in [1.54, 1.807) is 6.92 Å². The maximum Gasteiger partial charge on any atom is 0.426 e. The van der Waals surface area contributed by atoms with Gasteiger partial charge in [0.2, 0.25) is 5.91 Å². The number of hydrogen-bond donors (Lipinski definition) is 2. The fourth-order valence-electron chi connectivity index (χ4n) is 3.52. The lowest BCUT2D eigenvalue weighted by Gasteiger charge is -2.18. The fourth-order valence-corrected chi connectivity index (χ4v) is 3.52. The summed E-state index contributed by atoms with van der Waals surface area (Å²) in [6.45, 7) is 2.60. The lowest BCUT2D eigenvalue weighted by molar-refractivity contribution is -0.125. The quantitative estimate of drug-likeness (QED) is 0.362. The van der Waals surface area contributed by atoms with E-state index in [2.05, 4.69) is 9.99 Å². The predicted molar refractivity (Wildman–Crippen MR) is 113 cm³/mol. The van der Waals surface area contributed by atoms with Crippen LogP contribution in [0.25, 0.3) is 21.8 Å². The molecule has 0 unspecified atom stereocenters. The van der Waals surface area contributed by atoms with Crippen LogP contribution in [0.3, 0.4) is 0 Å². The van der Waals surface area contributed by atoms with E-state index in [4.69, 9.17) is 5.11 Å². The van der Waals surface area contributed by atoms with E-state index in [0.717, 1.165) is 35.4 Å². The van der Waals surface area contributed by atoms with Gasteiger partial charge < -0.3 is 9.67 Å². The third-order valence-electron chi connectivity index (χ3n) is 4.97. The maximum absolute atomic E-state index is 12.7. The normalized spacial score (nSPS) is 10.9. The Bertz CT molecular complexity index is 1030. The number of hydrogen-bond acceptors (Lipinski definition) is 3. The largest absolute Gasteiger partial charge is 0.464 e. The number of pyridine rings is 1. The minimum atomic E-state index is -1.17. The Morgan fingerprint density at radius 2 is 1.55 bits per heavy atom. The molecule has 3 rings (SSSR count). The molecule has 0 bridgehead atoms. The van der Waals surface area contributed by atoms with Gasteiger partial charge in [0.25, 0.3) is 0 Å². The molecular weight excluding hydrogens is 370 g/mol. The summed E-state index contributed by atoms with van der Waals surface area (Å²) in [5.74, 6) is -0.298. The second-order valence-corrected chi connectivity index (χ2v) is 6.89. The molecule has 152 valence electrons. The average molecular weight is 395 g/mol. The molecule has 29 heavy (non-hydrogen) atoms. The first-order valence-electron chi connectivity index (χ1n) is 9.83. The molecule has 0 aliphatic heterocycles. The summed E-state index contributed by atoms with van der Waals surface area (Å²) >= 11 is 0. The summed E-state index contributed by atoms with van der Waals surface area (Å²) in [4.78, 5) is 35.6. The molecule has 2 aromatic carbocycles. The molecule has 0 fully saturated rings. The SMILES string of the molecule is CCN(NC(=O)CCCCCn1c2ccccc2c(=O)c2ccccc21)C(=O)O. The van der Waals surface area contributed by atoms with Gasteiger partial charge in [-0.1, -0.05) is 30.7 Å². The van der Waals surface area contributed by atoms with Crippen LogP contribution in [0.1, 0.15) is 32.6 Å². The molecule has 0 atom stereocenters. The molecule has 0 saturated carbocycles. The number of para-hydroxylation sites is 2. The molecular formula is C22H25N3O4. The highest BCUT2D eigenvalue weighted by molar-refractivity contribution is 5.93. The van der Waals surface area contributed by atoms with Gasteiger partial charge in [-0.05, 0) is 44.0 Å². The van der Waals surface area contributed by atoms with Gasteiger partial charge in [-0.25, -0.2) is 9.80 Å². The Morgan fingerprint density at radius 1 is 0.966 bits per heavy atom. The molecule has 1 aromatic heterocycles. The van der Waals surface area contributed by atoms with Gasteiger partial charge >= 0.3 is 6.09 Å². The van der Waals surface area contributed by atoms with Crippen molar-refractivity contribution in [2.24, 2.45) is 0 Å². The standard InChI is InChI=1S/C22H25N3O4/c1-2-25(22(28)29)23-20(26)14-4-3-9-15-24-18-12-7-5-10-16(18)21(27)17-11-6-8-13-19(17)24/h5-8,10-13H,2-4,9,14-15H2,1H3,(H,23,26)(H,28,29). The zero-order valence-electron chi connectivity index (χ0n) is 16.4. The van der Waals surface area contributed by atoms with E-state index in [9.17, 15) is 14.4 Å². The minimum Gasteiger partial charge on any atom is -0.464 e. The van der Waals surface area contributed by atoms with Crippen molar-refractivity contribution >= 4 is 33.8 Å². The zero-order valence-corrected chi connectivity index (χ0v) is 16.4. The lowest BCUT2D eigenvalue weighted by Crippen LogP contribution is -2.45. The van der Waals surface area contributed by atoms with Crippen molar-refractivity contribution < 1.29 is 14.7 Å². The molecule has 0 spiro atoms. The second kappa shape index (κ2) is 9.23. The molecule has 7 nitrogen and oxygen atoms in total. The zero-order chi connectivity index (χ0) is 20.8. The van der Waals surface area contributed by atoms with Crippen LogP contribution >= 0.6 is 0 Å². The summed E-state index contributed by atoms with van der Waals surface area (Å²) in [5.41, 5.74) is 4.25. The number of nitrogens with zero attached hydrogens (tertiary/aromatic N) is 2. The van der Waals surface area contributed by atoms with Crippen LogP contribution in [0.2, 0.25) is 0 Å². The summed E-state index contributed by atoms with van der Waals surface area (Å²) in [5, 5.41) is 11.2. The van der Waals surface area contributed by atoms with E-state index in [1.165, 1.54) is 0 Å². The molecule has 0 saturated heterocycles. The van der Waals surface area contributed by atoms with E-state index in [1.807, 2.05) is 48.5 Å². The van der Waals surface area contributed by atoms with E-state index >= 15 is 0 Å². The van der Waals surface area contributed by atoms with Gasteiger partial charge in [-0.2, -0.15) is 0 Å². The van der Waals surface area contributed by atoms with Crippen LogP contribution < -0.4 is 10.9 Å². The molecule has 3 aromatic rings. The number of carbonyl (C=O) groups excluding carboxylic acids is 1. The van der Waals surface area contributed by atoms with Gasteiger partial charge in [-0.15, -0.1) is 0 Å². The number of rotatable bonds is 7. The number of hydrazine groups is 1. The van der Waals surface area contributed by atoms with Crippen LogP contribution in [-0.4, -0.2) is 33.2 Å². The van der Waals surface area contributed by atoms with Gasteiger partial charge in [0.05, 0.1) is 11.0 Å². The number of aromatic nitrogens is 1. The third kappa shape index (κ3) is 4.56. The highest BCUT2D eigenvalue weighted by Crippen LogP contribution is 2.20. The fraction of sp³-hybridized carbons (Fsp3) is 0.318. The number of carboxylic acid groups (broad SMARTS) is 1. The highest BCUT2D eigenvalue weighted by atomic mass is 16.4. The summed E-state index contributed by atoms with van der Waals surface area (Å²) in [7, 11) is 0. The monoisotopic (exact) mass is 395 g/mol. The summed E-state index contributed by atoms with van der Waals surface area (Å²) in [6, 6.07) is 15.2. The van der Waals surface area contributed by atoms with Crippen LogP contribution in [0.15, 0.2) is 53.3 Å². The Kier molecular flexibility index (Phi) is 6.49. The molecule has 0 aliphatic rings. The third-order valence-corrected chi connectivity index (χ3v) is 4.97. The van der Waals surface area contributed by atoms with Crippen molar-refractivity contribution in [3.05, 3.63) is 58.8 Å². The second-order valence-electron chi connectivity index (χ2n) is 6.89. The van der Waals surface area contributed by atoms with Crippen LogP contribution in [-0.2, 0) is 11.3 Å². The van der Waals surface area contributed by atoms with Gasteiger partial charge in [-0.3, -0.25) is 15.0 Å². The number of carbonyl (C=O) groups is 2. The Balaban J connectivity index is 1.65. The van der Waals surface area contributed by atoms with Gasteiger partial charge in [0, 0.05) is 30.3 Å². The number of fused-ring (bicyclic) bond motifs is 2. The first kappa shape index (κ1) is 20.4. The molecule has 2 amide bonds. The van der Waals surface area contributed by atoms with E-state index in [0.29, 0.717) is 17.2 Å². The molecule has 0 aliphatic carbocycles. The molecule has 2 N–H and O–H groups in total. The maximum atomic E-state index is 12.7. The Labute approximate surface area is 168 Å². The van der Waals surface area contributed by atoms with Crippen molar-refractivity contribution in [1.29, 1.82) is 0 Å². The smallest absolute Gasteiger partial charge is 0.426 e. The number of amides is 2. The Morgan fingerprint density at radius 3 is 2.10 bits per heavy atom. The molecule has 1 heterocycles. The number of aryl methyl sites for hydroxylation is 1. The van der Waals surface area contributed by atoms with Crippen molar-refractivity contribution in [3.63, 3.8) is 0 Å². The molecule has 0 radical (unpaired) electrons. The number of benzene rings is 2. The van der Waals surface area contributed by atoms with Crippen molar-refractivity contribution in [2.45, 2.75) is 39.2 Å². The first-order chi connectivity index (χ1) is 14.0. The summed E-state index contributed by atoms with van der Waals surface area (Å²) in [6.07, 6.45) is 1.44. The minimum absolute atomic E-state index is 0.0445. The van der Waals surface area contributed by atoms with Crippen molar-refractivity contribution in [1.82, 2.24) is 15.0 Å². The van der Waals surface area contributed by atoms with Crippen LogP contribution in [0.4, 0.5) is 4.79 Å². The first-order valence-corrected chi connectivity index (χ1v) is 9.83. The highest BCUT2D eigenvalue weighted by Gasteiger charge is 2.13. The predicted octanol–water partition coefficient (Wildman–Crippen LogP) is 3.75. The Hall–Kier alpha value is -3.35. The lowest BCUT2D eigenvalue weighted by atomic mass is 10.1. The van der Waals surface area contributed by atoms with Gasteiger partial charge in [0.1, 0.15) is 0 Å². The van der Waals surface area contributed by atoms with Gasteiger partial charge in [0.15, 0.2) is 5.43 Å². The van der Waals surface area contributed by atoms with Crippen LogP contribution in [0, 0.1) is 0 Å². The van der Waals surface area contributed by atoms with Crippen molar-refractivity contribution in [3.8, 4) is 0 Å². The number of nitrogens with one attached hydrogen (secondary N) is 1.